The Morgan fingerprint density at radius 3 is 2.74 bits per heavy atom. The molecule has 0 aliphatic carbocycles. The van der Waals surface area contributed by atoms with Gasteiger partial charge in [-0.3, -0.25) is 4.79 Å². The minimum Gasteiger partial charge on any atom is -0.506 e. The third-order valence-electron chi connectivity index (χ3n) is 3.10. The van der Waals surface area contributed by atoms with Gasteiger partial charge in [-0.15, -0.1) is 0 Å². The normalized spacial score (nSPS) is 12.1. The van der Waals surface area contributed by atoms with Gasteiger partial charge in [-0.05, 0) is 37.5 Å². The smallest absolute Gasteiger partial charge is 0.309 e. The molecule has 0 fully saturated rings. The predicted octanol–water partition coefficient (Wildman–Crippen LogP) is 2.89. The van der Waals surface area contributed by atoms with Gasteiger partial charge in [-0.1, -0.05) is 25.8 Å². The standard InChI is InChI=1S/C15H23NO3/c1-3-5-6-12(15(18)19-4-2)9-11-7-8-14(17)13(16)10-11/h7-8,10,12,17H,3-6,9,16H2,1-2H3. The maximum Gasteiger partial charge on any atom is 0.309 e. The van der Waals surface area contributed by atoms with Gasteiger partial charge in [0.15, 0.2) is 0 Å². The largest absolute Gasteiger partial charge is 0.506 e. The molecule has 0 radical (unpaired) electrons. The number of hydrogen-bond acceptors (Lipinski definition) is 4. The van der Waals surface area contributed by atoms with Gasteiger partial charge in [0, 0.05) is 0 Å². The maximum atomic E-state index is 11.9. The Morgan fingerprint density at radius 1 is 1.42 bits per heavy atom. The molecule has 0 aliphatic rings. The first-order chi connectivity index (χ1) is 9.08. The van der Waals surface area contributed by atoms with Gasteiger partial charge in [0.05, 0.1) is 18.2 Å². The van der Waals surface area contributed by atoms with E-state index in [9.17, 15) is 9.90 Å². The molecule has 4 nitrogen and oxygen atoms in total. The predicted molar refractivity (Wildman–Crippen MR) is 75.9 cm³/mol. The molecule has 1 atom stereocenters. The topological polar surface area (TPSA) is 72.5 Å². The van der Waals surface area contributed by atoms with Crippen LogP contribution >= 0.6 is 0 Å². The number of unbranched alkanes of at least 4 members (excludes halogenated alkanes) is 1. The highest BCUT2D eigenvalue weighted by molar-refractivity contribution is 5.73. The highest BCUT2D eigenvalue weighted by atomic mass is 16.5. The van der Waals surface area contributed by atoms with Crippen LogP contribution in [0.2, 0.25) is 0 Å². The van der Waals surface area contributed by atoms with E-state index in [1.165, 1.54) is 0 Å². The molecule has 106 valence electrons. The monoisotopic (exact) mass is 265 g/mol. The van der Waals surface area contributed by atoms with Crippen molar-refractivity contribution in [2.45, 2.75) is 39.5 Å². The van der Waals surface area contributed by atoms with Gasteiger partial charge in [0.2, 0.25) is 0 Å². The molecule has 3 N–H and O–H groups in total. The molecule has 0 bridgehead atoms. The van der Waals surface area contributed by atoms with E-state index >= 15 is 0 Å². The number of phenolic OH excluding ortho intramolecular Hbond substituents is 1. The van der Waals surface area contributed by atoms with Crippen LogP contribution in [0.3, 0.4) is 0 Å². The fourth-order valence-corrected chi connectivity index (χ4v) is 2.03. The van der Waals surface area contributed by atoms with Crippen molar-refractivity contribution in [3.05, 3.63) is 23.8 Å². The van der Waals surface area contributed by atoms with Crippen molar-refractivity contribution in [3.8, 4) is 5.75 Å². The van der Waals surface area contributed by atoms with Crippen LogP contribution in [0.1, 0.15) is 38.7 Å². The third-order valence-corrected chi connectivity index (χ3v) is 3.10. The SMILES string of the molecule is CCCCC(Cc1ccc(O)c(N)c1)C(=O)OCC. The molecule has 1 aromatic carbocycles. The van der Waals surface area contributed by atoms with Crippen molar-refractivity contribution in [3.63, 3.8) is 0 Å². The number of ether oxygens (including phenoxy) is 1. The van der Waals surface area contributed by atoms with E-state index in [1.807, 2.05) is 6.92 Å². The third kappa shape index (κ3) is 4.81. The number of hydrogen-bond donors (Lipinski definition) is 2. The van der Waals surface area contributed by atoms with Crippen molar-refractivity contribution >= 4 is 11.7 Å². The van der Waals surface area contributed by atoms with Crippen molar-refractivity contribution in [2.24, 2.45) is 5.92 Å². The lowest BCUT2D eigenvalue weighted by Crippen LogP contribution is -2.20. The summed E-state index contributed by atoms with van der Waals surface area (Å²) in [6.07, 6.45) is 3.46. The summed E-state index contributed by atoms with van der Waals surface area (Å²) < 4.78 is 5.11. The van der Waals surface area contributed by atoms with Crippen LogP contribution in [0.15, 0.2) is 18.2 Å². The lowest BCUT2D eigenvalue weighted by Gasteiger charge is -2.15. The summed E-state index contributed by atoms with van der Waals surface area (Å²) in [5, 5.41) is 9.40. The van der Waals surface area contributed by atoms with Crippen LogP contribution in [-0.2, 0) is 16.0 Å². The van der Waals surface area contributed by atoms with E-state index in [-0.39, 0.29) is 17.6 Å². The van der Waals surface area contributed by atoms with Crippen LogP contribution < -0.4 is 5.73 Å². The molecule has 4 heteroatoms. The Labute approximate surface area is 114 Å². The molecule has 1 unspecified atom stereocenters. The van der Waals surface area contributed by atoms with Crippen LogP contribution in [0.5, 0.6) is 5.75 Å². The van der Waals surface area contributed by atoms with Crippen LogP contribution in [0, 0.1) is 5.92 Å². The van der Waals surface area contributed by atoms with E-state index in [0.717, 1.165) is 24.8 Å². The highest BCUT2D eigenvalue weighted by Crippen LogP contribution is 2.24. The Bertz CT molecular complexity index is 418. The van der Waals surface area contributed by atoms with Gasteiger partial charge in [-0.2, -0.15) is 0 Å². The second-order valence-electron chi connectivity index (χ2n) is 4.69. The Kier molecular flexibility index (Phi) is 6.19. The average molecular weight is 265 g/mol. The molecule has 0 saturated heterocycles. The lowest BCUT2D eigenvalue weighted by molar-refractivity contribution is -0.148. The van der Waals surface area contributed by atoms with Crippen LogP contribution in [0.25, 0.3) is 0 Å². The Morgan fingerprint density at radius 2 is 2.16 bits per heavy atom. The number of nitrogen functional groups attached to an aromatic ring is 1. The molecular weight excluding hydrogens is 242 g/mol. The van der Waals surface area contributed by atoms with Crippen molar-refractivity contribution in [1.82, 2.24) is 0 Å². The van der Waals surface area contributed by atoms with Crippen molar-refractivity contribution in [1.29, 1.82) is 0 Å². The van der Waals surface area contributed by atoms with Gasteiger partial charge in [0.25, 0.3) is 0 Å². The van der Waals surface area contributed by atoms with E-state index in [1.54, 1.807) is 18.2 Å². The number of rotatable bonds is 7. The van der Waals surface area contributed by atoms with E-state index < -0.39 is 0 Å². The molecule has 0 heterocycles. The number of aromatic hydroxyl groups is 1. The van der Waals surface area contributed by atoms with Crippen molar-refractivity contribution < 1.29 is 14.6 Å². The lowest BCUT2D eigenvalue weighted by atomic mass is 9.94. The zero-order valence-electron chi connectivity index (χ0n) is 11.7. The zero-order chi connectivity index (χ0) is 14.3. The maximum absolute atomic E-state index is 11.9. The minimum atomic E-state index is -0.150. The molecule has 0 saturated carbocycles. The first kappa shape index (κ1) is 15.3. The number of carbonyl (C=O) groups excluding carboxylic acids is 1. The summed E-state index contributed by atoms with van der Waals surface area (Å²) >= 11 is 0. The van der Waals surface area contributed by atoms with Crippen LogP contribution in [0.4, 0.5) is 5.69 Å². The summed E-state index contributed by atoms with van der Waals surface area (Å²) in [6, 6.07) is 5.07. The molecule has 1 rings (SSSR count). The van der Waals surface area contributed by atoms with E-state index in [0.29, 0.717) is 18.7 Å². The summed E-state index contributed by atoms with van der Waals surface area (Å²) in [6.45, 7) is 4.31. The quantitative estimate of drug-likeness (QED) is 0.451. The minimum absolute atomic E-state index is 0.0741. The summed E-state index contributed by atoms with van der Waals surface area (Å²) in [4.78, 5) is 11.9. The van der Waals surface area contributed by atoms with Gasteiger partial charge in [0.1, 0.15) is 5.75 Å². The summed E-state index contributed by atoms with van der Waals surface area (Å²) in [5.74, 6) is -0.212. The first-order valence-corrected chi connectivity index (χ1v) is 6.82. The first-order valence-electron chi connectivity index (χ1n) is 6.82. The average Bonchev–Trinajstić information content (AvgIpc) is 2.39. The molecule has 0 aliphatic heterocycles. The summed E-state index contributed by atoms with van der Waals surface area (Å²) in [7, 11) is 0. The number of nitrogens with two attached hydrogens (primary N) is 1. The van der Waals surface area contributed by atoms with E-state index in [4.69, 9.17) is 10.5 Å². The second kappa shape index (κ2) is 7.67. The van der Waals surface area contributed by atoms with Crippen molar-refractivity contribution in [2.75, 3.05) is 12.3 Å². The number of phenols is 1. The zero-order valence-corrected chi connectivity index (χ0v) is 11.7. The van der Waals surface area contributed by atoms with E-state index in [2.05, 4.69) is 6.92 Å². The fraction of sp³-hybridized carbons (Fsp3) is 0.533. The number of carbonyl (C=O) groups is 1. The number of benzene rings is 1. The molecule has 1 aromatic rings. The van der Waals surface area contributed by atoms with Gasteiger partial charge >= 0.3 is 5.97 Å². The second-order valence-corrected chi connectivity index (χ2v) is 4.69. The fourth-order valence-electron chi connectivity index (χ4n) is 2.03. The number of anilines is 1. The summed E-state index contributed by atoms with van der Waals surface area (Å²) in [5.41, 5.74) is 6.96. The Hall–Kier alpha value is -1.71. The van der Waals surface area contributed by atoms with Crippen LogP contribution in [-0.4, -0.2) is 17.7 Å². The molecule has 0 spiro atoms. The molecule has 0 amide bonds. The van der Waals surface area contributed by atoms with Gasteiger partial charge in [-0.25, -0.2) is 0 Å². The molecular formula is C15H23NO3. The van der Waals surface area contributed by atoms with Gasteiger partial charge < -0.3 is 15.6 Å². The molecule has 0 aromatic heterocycles. The highest BCUT2D eigenvalue weighted by Gasteiger charge is 2.20. The number of esters is 1. The molecule has 19 heavy (non-hydrogen) atoms. The Balaban J connectivity index is 2.74.